The molecule has 2 aromatic rings. The van der Waals surface area contributed by atoms with Crippen molar-refractivity contribution in [3.63, 3.8) is 0 Å². The maximum atomic E-state index is 12.4. The minimum atomic E-state index is -0.0669. The van der Waals surface area contributed by atoms with Crippen LogP contribution in [0.4, 0.5) is 0 Å². The SMILES string of the molecule is O=C(CCC(=O)N1CCN(CC(=O)c2ccco2)CC1)c1ccc(Cl)cc1. The van der Waals surface area contributed by atoms with Crippen molar-refractivity contribution >= 4 is 29.1 Å². The fourth-order valence-corrected chi connectivity index (χ4v) is 3.16. The zero-order valence-electron chi connectivity index (χ0n) is 14.9. The summed E-state index contributed by atoms with van der Waals surface area (Å²) >= 11 is 5.82. The molecule has 1 amide bonds. The molecule has 1 saturated heterocycles. The Labute approximate surface area is 162 Å². The molecule has 0 N–H and O–H groups in total. The quantitative estimate of drug-likeness (QED) is 0.682. The van der Waals surface area contributed by atoms with Crippen LogP contribution in [0, 0.1) is 0 Å². The summed E-state index contributed by atoms with van der Waals surface area (Å²) in [6.45, 7) is 2.65. The molecule has 0 spiro atoms. The van der Waals surface area contributed by atoms with Gasteiger partial charge in [-0.25, -0.2) is 0 Å². The van der Waals surface area contributed by atoms with Gasteiger partial charge in [-0.15, -0.1) is 0 Å². The molecule has 0 saturated carbocycles. The first kappa shape index (κ1) is 19.3. The Morgan fingerprint density at radius 1 is 0.926 bits per heavy atom. The summed E-state index contributed by atoms with van der Waals surface area (Å²) in [5.41, 5.74) is 0.563. The molecule has 6 nitrogen and oxygen atoms in total. The number of piperazine rings is 1. The molecule has 0 atom stereocenters. The van der Waals surface area contributed by atoms with E-state index in [1.165, 1.54) is 6.26 Å². The Bertz CT molecular complexity index is 794. The number of hydrogen-bond donors (Lipinski definition) is 0. The summed E-state index contributed by atoms with van der Waals surface area (Å²) < 4.78 is 5.11. The van der Waals surface area contributed by atoms with Crippen LogP contribution in [-0.2, 0) is 4.79 Å². The van der Waals surface area contributed by atoms with Gasteiger partial charge in [-0.1, -0.05) is 11.6 Å². The van der Waals surface area contributed by atoms with E-state index in [0.717, 1.165) is 0 Å². The maximum absolute atomic E-state index is 12.4. The molecule has 0 bridgehead atoms. The van der Waals surface area contributed by atoms with Crippen molar-refractivity contribution in [1.82, 2.24) is 9.80 Å². The molecular weight excluding hydrogens is 368 g/mol. The highest BCUT2D eigenvalue weighted by Gasteiger charge is 2.23. The van der Waals surface area contributed by atoms with Crippen LogP contribution in [0.2, 0.25) is 5.02 Å². The summed E-state index contributed by atoms with van der Waals surface area (Å²) in [5.74, 6) is 0.194. The van der Waals surface area contributed by atoms with Gasteiger partial charge < -0.3 is 9.32 Å². The van der Waals surface area contributed by atoms with Crippen molar-refractivity contribution in [1.29, 1.82) is 0 Å². The number of rotatable bonds is 7. The lowest BCUT2D eigenvalue weighted by Gasteiger charge is -2.34. The predicted molar refractivity (Wildman–Crippen MR) is 101 cm³/mol. The molecule has 1 aromatic heterocycles. The number of hydrogen-bond acceptors (Lipinski definition) is 5. The highest BCUT2D eigenvalue weighted by Crippen LogP contribution is 2.13. The van der Waals surface area contributed by atoms with Gasteiger partial charge in [-0.05, 0) is 36.4 Å². The smallest absolute Gasteiger partial charge is 0.223 e. The second kappa shape index (κ2) is 8.97. The average molecular weight is 389 g/mol. The number of ketones is 2. The Hall–Kier alpha value is -2.44. The Morgan fingerprint density at radius 3 is 2.26 bits per heavy atom. The number of halogens is 1. The topological polar surface area (TPSA) is 70.8 Å². The molecule has 1 aromatic carbocycles. The molecule has 0 radical (unpaired) electrons. The second-order valence-electron chi connectivity index (χ2n) is 6.49. The van der Waals surface area contributed by atoms with Gasteiger partial charge in [0.05, 0.1) is 12.8 Å². The van der Waals surface area contributed by atoms with E-state index < -0.39 is 0 Å². The molecular formula is C20H21ClN2O4. The van der Waals surface area contributed by atoms with Crippen LogP contribution in [0.5, 0.6) is 0 Å². The van der Waals surface area contributed by atoms with Crippen molar-refractivity contribution < 1.29 is 18.8 Å². The summed E-state index contributed by atoms with van der Waals surface area (Å²) in [6, 6.07) is 10.0. The molecule has 1 aliphatic rings. The number of amides is 1. The maximum Gasteiger partial charge on any atom is 0.223 e. The third-order valence-electron chi connectivity index (χ3n) is 4.62. The lowest BCUT2D eigenvalue weighted by Crippen LogP contribution is -2.49. The first-order valence-electron chi connectivity index (χ1n) is 8.88. The lowest BCUT2D eigenvalue weighted by atomic mass is 10.1. The van der Waals surface area contributed by atoms with Crippen molar-refractivity contribution in [2.75, 3.05) is 32.7 Å². The molecule has 7 heteroatoms. The van der Waals surface area contributed by atoms with Gasteiger partial charge in [0, 0.05) is 49.6 Å². The number of carbonyl (C=O) groups excluding carboxylic acids is 3. The van der Waals surface area contributed by atoms with Crippen LogP contribution in [0.1, 0.15) is 33.8 Å². The number of benzene rings is 1. The molecule has 1 fully saturated rings. The van der Waals surface area contributed by atoms with Crippen LogP contribution < -0.4 is 0 Å². The van der Waals surface area contributed by atoms with Crippen molar-refractivity contribution in [3.05, 3.63) is 59.0 Å². The summed E-state index contributed by atoms with van der Waals surface area (Å²) in [4.78, 5) is 40.3. The van der Waals surface area contributed by atoms with Crippen molar-refractivity contribution in [2.45, 2.75) is 12.8 Å². The zero-order chi connectivity index (χ0) is 19.2. The summed E-state index contributed by atoms with van der Waals surface area (Å²) in [5, 5.41) is 0.575. The normalized spacial score (nSPS) is 14.9. The fraction of sp³-hybridized carbons (Fsp3) is 0.350. The molecule has 27 heavy (non-hydrogen) atoms. The third-order valence-corrected chi connectivity index (χ3v) is 4.87. The number of nitrogens with zero attached hydrogens (tertiary/aromatic N) is 2. The van der Waals surface area contributed by atoms with E-state index in [0.29, 0.717) is 42.5 Å². The Morgan fingerprint density at radius 2 is 1.63 bits per heavy atom. The van der Waals surface area contributed by atoms with Gasteiger partial charge in [-0.3, -0.25) is 19.3 Å². The lowest BCUT2D eigenvalue weighted by molar-refractivity contribution is -0.132. The van der Waals surface area contributed by atoms with E-state index in [1.54, 1.807) is 41.3 Å². The van der Waals surface area contributed by atoms with Crippen LogP contribution >= 0.6 is 11.6 Å². The molecule has 0 unspecified atom stereocenters. The largest absolute Gasteiger partial charge is 0.461 e. The highest BCUT2D eigenvalue weighted by molar-refractivity contribution is 6.30. The molecule has 3 rings (SSSR count). The van der Waals surface area contributed by atoms with E-state index in [2.05, 4.69) is 0 Å². The Kier molecular flexibility index (Phi) is 6.42. The van der Waals surface area contributed by atoms with Gasteiger partial charge in [0.1, 0.15) is 0 Å². The monoisotopic (exact) mass is 388 g/mol. The molecule has 0 aliphatic carbocycles. The molecule has 2 heterocycles. The zero-order valence-corrected chi connectivity index (χ0v) is 15.7. The summed E-state index contributed by atoms with van der Waals surface area (Å²) in [6.07, 6.45) is 1.85. The van der Waals surface area contributed by atoms with Gasteiger partial charge in [0.25, 0.3) is 0 Å². The predicted octanol–water partition coefficient (Wildman–Crippen LogP) is 2.92. The van der Waals surface area contributed by atoms with E-state index in [4.69, 9.17) is 16.0 Å². The van der Waals surface area contributed by atoms with Gasteiger partial charge in [0.2, 0.25) is 11.7 Å². The van der Waals surface area contributed by atoms with Gasteiger partial charge in [0.15, 0.2) is 11.5 Å². The highest BCUT2D eigenvalue weighted by atomic mass is 35.5. The minimum Gasteiger partial charge on any atom is -0.461 e. The first-order valence-corrected chi connectivity index (χ1v) is 9.26. The number of Topliss-reactive ketones (excluding diaryl/α,β-unsaturated/α-hetero) is 2. The number of furan rings is 1. The summed E-state index contributed by atoms with van der Waals surface area (Å²) in [7, 11) is 0. The van der Waals surface area contributed by atoms with E-state index >= 15 is 0 Å². The van der Waals surface area contributed by atoms with Crippen molar-refractivity contribution in [3.8, 4) is 0 Å². The van der Waals surface area contributed by atoms with Crippen molar-refractivity contribution in [2.24, 2.45) is 0 Å². The molecule has 1 aliphatic heterocycles. The van der Waals surface area contributed by atoms with Crippen LogP contribution in [0.25, 0.3) is 0 Å². The average Bonchev–Trinajstić information content (AvgIpc) is 3.22. The van der Waals surface area contributed by atoms with E-state index in [-0.39, 0.29) is 36.9 Å². The minimum absolute atomic E-state index is 0.0330. The van der Waals surface area contributed by atoms with Gasteiger partial charge in [-0.2, -0.15) is 0 Å². The van der Waals surface area contributed by atoms with Crippen LogP contribution in [0.15, 0.2) is 47.1 Å². The Balaban J connectivity index is 1.41. The fourth-order valence-electron chi connectivity index (χ4n) is 3.03. The van der Waals surface area contributed by atoms with Crippen LogP contribution in [-0.4, -0.2) is 60.0 Å². The third kappa shape index (κ3) is 5.28. The van der Waals surface area contributed by atoms with Gasteiger partial charge >= 0.3 is 0 Å². The van der Waals surface area contributed by atoms with E-state index in [9.17, 15) is 14.4 Å². The second-order valence-corrected chi connectivity index (χ2v) is 6.92. The molecule has 142 valence electrons. The first-order chi connectivity index (χ1) is 13.0. The van der Waals surface area contributed by atoms with E-state index in [1.807, 2.05) is 4.90 Å². The van der Waals surface area contributed by atoms with Crippen LogP contribution in [0.3, 0.4) is 0 Å². The number of carbonyl (C=O) groups is 3. The standard InChI is InChI=1S/C20H21ClN2O4/c21-16-5-3-15(4-6-16)17(24)7-8-20(26)23-11-9-22(10-12-23)14-18(25)19-2-1-13-27-19/h1-6,13H,7-12,14H2.